The van der Waals surface area contributed by atoms with Crippen LogP contribution < -0.4 is 0 Å². The van der Waals surface area contributed by atoms with Gasteiger partial charge in [-0.2, -0.15) is 0 Å². The fourth-order valence-electron chi connectivity index (χ4n) is 2.50. The summed E-state index contributed by atoms with van der Waals surface area (Å²) >= 11 is 0. The maximum Gasteiger partial charge on any atom is 0.230 e. The van der Waals surface area contributed by atoms with E-state index in [9.17, 15) is 25.3 Å². The largest absolute Gasteiger partial charge is 0.506 e. The molecule has 6 nitrogen and oxygen atoms in total. The van der Waals surface area contributed by atoms with Crippen molar-refractivity contribution in [2.24, 2.45) is 5.92 Å². The molecule has 1 fully saturated rings. The lowest BCUT2D eigenvalue weighted by atomic mass is 9.97. The highest BCUT2D eigenvalue weighted by atomic mass is 16.3. The van der Waals surface area contributed by atoms with Gasteiger partial charge < -0.3 is 20.4 Å². The summed E-state index contributed by atoms with van der Waals surface area (Å²) in [4.78, 5) is 24.1. The molecule has 1 heterocycles. The molecule has 0 saturated carbocycles. The minimum Gasteiger partial charge on any atom is -0.506 e. The molecule has 0 aromatic rings. The van der Waals surface area contributed by atoms with Gasteiger partial charge in [0.2, 0.25) is 23.7 Å². The van der Waals surface area contributed by atoms with E-state index < -0.39 is 35.9 Å². The van der Waals surface area contributed by atoms with E-state index in [-0.39, 0.29) is 0 Å². The normalized spacial score (nSPS) is 31.8. The quantitative estimate of drug-likeness (QED) is 0.731. The summed E-state index contributed by atoms with van der Waals surface area (Å²) < 4.78 is 0.746. The highest BCUT2D eigenvalue weighted by Gasteiger charge is 2.48. The van der Waals surface area contributed by atoms with E-state index >= 15 is 0 Å². The second-order valence-corrected chi connectivity index (χ2v) is 5.87. The molecule has 20 heavy (non-hydrogen) atoms. The molecule has 4 atom stereocenters. The van der Waals surface area contributed by atoms with Crippen molar-refractivity contribution >= 4 is 11.6 Å². The number of carbonyl (C=O) groups excluding carboxylic acids is 2. The van der Waals surface area contributed by atoms with E-state index in [4.69, 9.17) is 0 Å². The summed E-state index contributed by atoms with van der Waals surface area (Å²) in [6.45, 7) is 5.82. The Morgan fingerprint density at radius 1 is 1.10 bits per heavy atom. The third-order valence-electron chi connectivity index (χ3n) is 3.76. The van der Waals surface area contributed by atoms with Gasteiger partial charge in [0, 0.05) is 12.8 Å². The molecular weight excluding hydrogens is 260 g/mol. The van der Waals surface area contributed by atoms with Crippen molar-refractivity contribution in [3.8, 4) is 0 Å². The second-order valence-electron chi connectivity index (χ2n) is 5.87. The molecule has 0 aromatic carbocycles. The molecule has 0 aliphatic carbocycles. The summed E-state index contributed by atoms with van der Waals surface area (Å²) in [6, 6.07) is -1.88. The van der Waals surface area contributed by atoms with E-state index in [1.165, 1.54) is 0 Å². The topological polar surface area (TPSA) is 99.9 Å². The van der Waals surface area contributed by atoms with E-state index in [1.54, 1.807) is 0 Å². The molecule has 1 saturated heterocycles. The van der Waals surface area contributed by atoms with Gasteiger partial charge in [-0.3, -0.25) is 9.59 Å². The average Bonchev–Trinajstić information content (AvgIpc) is 2.45. The summed E-state index contributed by atoms with van der Waals surface area (Å²) in [6.07, 6.45) is -1.51. The molecule has 0 aromatic heterocycles. The molecule has 4 unspecified atom stereocenters. The number of rotatable bonds is 5. The van der Waals surface area contributed by atoms with Crippen LogP contribution in [0.3, 0.4) is 0 Å². The lowest BCUT2D eigenvalue weighted by Crippen LogP contribution is -2.42. The SMILES string of the molecule is CCCC1C(=O)C(O)C(O)C(=O)C(CCC(C)C)[N+]1=[N-]. The van der Waals surface area contributed by atoms with E-state index in [2.05, 4.69) is 0 Å². The molecule has 6 heteroatoms. The Hall–Kier alpha value is -1.14. The van der Waals surface area contributed by atoms with Gasteiger partial charge in [-0.1, -0.05) is 20.8 Å². The lowest BCUT2D eigenvalue weighted by Gasteiger charge is -2.21. The zero-order valence-electron chi connectivity index (χ0n) is 12.3. The first-order valence-corrected chi connectivity index (χ1v) is 7.22. The van der Waals surface area contributed by atoms with Crippen molar-refractivity contribution in [2.75, 3.05) is 0 Å². The first kappa shape index (κ1) is 16.9. The average molecular weight is 284 g/mol. The number of carbonyl (C=O) groups is 2. The van der Waals surface area contributed by atoms with Crippen LogP contribution in [0.25, 0.3) is 5.53 Å². The van der Waals surface area contributed by atoms with Crippen LogP contribution in [0.1, 0.15) is 46.5 Å². The number of aliphatic hydroxyl groups is 2. The van der Waals surface area contributed by atoms with Gasteiger partial charge in [-0.25, -0.2) is 0 Å². The minimum absolute atomic E-state index is 0.335. The molecule has 1 rings (SSSR count). The van der Waals surface area contributed by atoms with Gasteiger partial charge in [-0.15, -0.1) is 0 Å². The summed E-state index contributed by atoms with van der Waals surface area (Å²) in [5, 5.41) is 19.5. The maximum atomic E-state index is 12.1. The van der Waals surface area contributed by atoms with Crippen LogP contribution >= 0.6 is 0 Å². The third kappa shape index (κ3) is 3.49. The van der Waals surface area contributed by atoms with Crippen molar-refractivity contribution in [3.63, 3.8) is 0 Å². The number of ketones is 2. The molecule has 0 radical (unpaired) electrons. The fraction of sp³-hybridized carbons (Fsp3) is 0.857. The predicted octanol–water partition coefficient (Wildman–Crippen LogP) is 0.868. The van der Waals surface area contributed by atoms with Crippen molar-refractivity contribution in [2.45, 2.75) is 70.7 Å². The monoisotopic (exact) mass is 284 g/mol. The Balaban J connectivity index is 3.04. The smallest absolute Gasteiger partial charge is 0.230 e. The highest BCUT2D eigenvalue weighted by Crippen LogP contribution is 2.22. The first-order valence-electron chi connectivity index (χ1n) is 7.22. The Kier molecular flexibility index (Phi) is 5.95. The Labute approximate surface area is 119 Å². The Morgan fingerprint density at radius 2 is 1.55 bits per heavy atom. The molecular formula is C14H24N2O4. The van der Waals surface area contributed by atoms with Crippen LogP contribution in [-0.2, 0) is 9.59 Å². The van der Waals surface area contributed by atoms with Crippen molar-refractivity contribution in [3.05, 3.63) is 5.53 Å². The van der Waals surface area contributed by atoms with Gasteiger partial charge in [-0.05, 0) is 18.8 Å². The minimum atomic E-state index is -1.75. The summed E-state index contributed by atoms with van der Waals surface area (Å²) in [7, 11) is 0. The first-order chi connectivity index (χ1) is 9.31. The van der Waals surface area contributed by atoms with Crippen LogP contribution in [0.5, 0.6) is 0 Å². The van der Waals surface area contributed by atoms with Gasteiger partial charge in [0.25, 0.3) is 0 Å². The van der Waals surface area contributed by atoms with Crippen LogP contribution in [0.4, 0.5) is 0 Å². The lowest BCUT2D eigenvalue weighted by molar-refractivity contribution is -0.596. The third-order valence-corrected chi connectivity index (χ3v) is 3.76. The molecule has 0 bridgehead atoms. The van der Waals surface area contributed by atoms with Crippen molar-refractivity contribution < 1.29 is 24.5 Å². The molecule has 1 aliphatic heterocycles. The van der Waals surface area contributed by atoms with E-state index in [1.807, 2.05) is 20.8 Å². The number of nitrogens with zero attached hydrogens (tertiary/aromatic N) is 2. The maximum absolute atomic E-state index is 12.1. The number of aliphatic hydroxyl groups excluding tert-OH is 2. The predicted molar refractivity (Wildman–Crippen MR) is 72.2 cm³/mol. The van der Waals surface area contributed by atoms with Crippen molar-refractivity contribution in [1.82, 2.24) is 0 Å². The number of hydrogen-bond donors (Lipinski definition) is 2. The zero-order valence-corrected chi connectivity index (χ0v) is 12.3. The van der Waals surface area contributed by atoms with Crippen LogP contribution in [-0.4, -0.2) is 50.8 Å². The van der Waals surface area contributed by atoms with Gasteiger partial charge in [0.15, 0.2) is 12.2 Å². The standard InChI is InChI=1S/C14H24N2O4/c1-4-5-9-11(17)13(19)14(20)12(18)10(16(9)15)7-6-8(2)3/h8-10,13-14,19-20H,4-7H2,1-3H3. The van der Waals surface area contributed by atoms with Gasteiger partial charge in [0.1, 0.15) is 0 Å². The Bertz CT molecular complexity index is 395. The number of hydrogen-bond acceptors (Lipinski definition) is 4. The number of Topliss-reactive ketones (excluding diaryl/α,β-unsaturated/α-hetero) is 2. The van der Waals surface area contributed by atoms with Gasteiger partial charge >= 0.3 is 0 Å². The molecule has 0 spiro atoms. The Morgan fingerprint density at radius 3 is 1.95 bits per heavy atom. The van der Waals surface area contributed by atoms with Crippen LogP contribution in [0.2, 0.25) is 0 Å². The molecule has 2 N–H and O–H groups in total. The summed E-state index contributed by atoms with van der Waals surface area (Å²) in [5.41, 5.74) is 10.2. The van der Waals surface area contributed by atoms with Crippen molar-refractivity contribution in [1.29, 1.82) is 0 Å². The fourth-order valence-corrected chi connectivity index (χ4v) is 2.50. The summed E-state index contributed by atoms with van der Waals surface area (Å²) in [5.74, 6) is -1.04. The zero-order chi connectivity index (χ0) is 15.4. The molecule has 114 valence electrons. The molecule has 1 aliphatic rings. The van der Waals surface area contributed by atoms with E-state index in [0.29, 0.717) is 31.6 Å². The molecule has 0 amide bonds. The van der Waals surface area contributed by atoms with Gasteiger partial charge in [0.05, 0.1) is 0 Å². The highest BCUT2D eigenvalue weighted by molar-refractivity contribution is 5.98. The van der Waals surface area contributed by atoms with E-state index in [0.717, 1.165) is 4.70 Å². The second kappa shape index (κ2) is 7.04. The van der Waals surface area contributed by atoms with Crippen LogP contribution in [0, 0.1) is 5.92 Å². The van der Waals surface area contributed by atoms with Crippen LogP contribution in [0.15, 0.2) is 0 Å².